The molecule has 0 aliphatic rings. The summed E-state index contributed by atoms with van der Waals surface area (Å²) in [4.78, 5) is 16.3. The molecule has 6 heteroatoms. The lowest BCUT2D eigenvalue weighted by Gasteiger charge is -2.25. The van der Waals surface area contributed by atoms with Gasteiger partial charge < -0.3 is 20.4 Å². The van der Waals surface area contributed by atoms with Crippen molar-refractivity contribution in [1.82, 2.24) is 16.0 Å². The van der Waals surface area contributed by atoms with Gasteiger partial charge in [0.15, 0.2) is 5.96 Å². The van der Waals surface area contributed by atoms with Gasteiger partial charge in [0.25, 0.3) is 0 Å². The normalized spacial score (nSPS) is 13.6. The van der Waals surface area contributed by atoms with Crippen LogP contribution in [0.1, 0.15) is 39.5 Å². The number of amides is 1. The first-order valence-electron chi connectivity index (χ1n) is 8.61. The molecule has 1 atom stereocenters. The molecule has 1 heterocycles. The summed E-state index contributed by atoms with van der Waals surface area (Å²) in [6, 6.07) is 9.90. The number of carbonyl (C=O) groups is 1. The largest absolute Gasteiger partial charge is 0.459 e. The lowest BCUT2D eigenvalue weighted by atomic mass is 9.92. The molecule has 2 rings (SSSR count). The van der Waals surface area contributed by atoms with Crippen LogP contribution in [0, 0.1) is 5.41 Å². The number of nitrogens with zero attached hydrogens (tertiary/aromatic N) is 1. The van der Waals surface area contributed by atoms with Gasteiger partial charge in [-0.25, -0.2) is 0 Å². The molecule has 0 saturated carbocycles. The quantitative estimate of drug-likeness (QED) is 0.556. The number of para-hydroxylation sites is 1. The highest BCUT2D eigenvalue weighted by molar-refractivity contribution is 5.84. The Morgan fingerprint density at radius 1 is 1.28 bits per heavy atom. The van der Waals surface area contributed by atoms with Crippen LogP contribution >= 0.6 is 0 Å². The highest BCUT2D eigenvalue weighted by Crippen LogP contribution is 2.23. The van der Waals surface area contributed by atoms with E-state index in [1.165, 1.54) is 0 Å². The summed E-state index contributed by atoms with van der Waals surface area (Å²) in [7, 11) is 1.71. The summed E-state index contributed by atoms with van der Waals surface area (Å²) in [5, 5.41) is 10.5. The maximum atomic E-state index is 12.1. The van der Waals surface area contributed by atoms with Crippen molar-refractivity contribution in [1.29, 1.82) is 0 Å². The first-order chi connectivity index (χ1) is 11.9. The standard InChI is InChI=1S/C19H28N4O2/c1-6-21-17(24)19(3,4)12-22-18(20-5)23-13(2)16-11-14-9-7-8-10-15(14)25-16/h7-11,13H,6,12H2,1-5H3,(H,21,24)(H2,20,22,23). The van der Waals surface area contributed by atoms with E-state index in [0.717, 1.165) is 16.7 Å². The number of carbonyl (C=O) groups excluding carboxylic acids is 1. The van der Waals surface area contributed by atoms with E-state index in [9.17, 15) is 4.79 Å². The Labute approximate surface area is 149 Å². The van der Waals surface area contributed by atoms with Crippen LogP contribution in [0.4, 0.5) is 0 Å². The van der Waals surface area contributed by atoms with E-state index in [-0.39, 0.29) is 11.9 Å². The van der Waals surface area contributed by atoms with Crippen LogP contribution in [0.2, 0.25) is 0 Å². The van der Waals surface area contributed by atoms with Gasteiger partial charge >= 0.3 is 0 Å². The molecule has 1 aromatic heterocycles. The number of guanidine groups is 1. The summed E-state index contributed by atoms with van der Waals surface area (Å²) < 4.78 is 5.88. The number of aliphatic imine (C=N–C) groups is 1. The molecular weight excluding hydrogens is 316 g/mol. The van der Waals surface area contributed by atoms with Gasteiger partial charge in [-0.1, -0.05) is 18.2 Å². The third-order valence-corrected chi connectivity index (χ3v) is 4.10. The fourth-order valence-corrected chi connectivity index (χ4v) is 2.47. The zero-order valence-electron chi connectivity index (χ0n) is 15.6. The predicted octanol–water partition coefficient (Wildman–Crippen LogP) is 2.82. The van der Waals surface area contributed by atoms with Crippen LogP contribution in [0.25, 0.3) is 11.0 Å². The van der Waals surface area contributed by atoms with Crippen LogP contribution in [-0.4, -0.2) is 32.0 Å². The van der Waals surface area contributed by atoms with Gasteiger partial charge in [0, 0.05) is 25.5 Å². The topological polar surface area (TPSA) is 78.7 Å². The monoisotopic (exact) mass is 344 g/mol. The number of hydrogen-bond acceptors (Lipinski definition) is 3. The van der Waals surface area contributed by atoms with E-state index in [0.29, 0.717) is 19.0 Å². The zero-order chi connectivity index (χ0) is 18.4. The second kappa shape index (κ2) is 8.05. The van der Waals surface area contributed by atoms with Crippen molar-refractivity contribution in [2.45, 2.75) is 33.7 Å². The molecule has 1 unspecified atom stereocenters. The van der Waals surface area contributed by atoms with Gasteiger partial charge in [-0.15, -0.1) is 0 Å². The Kier molecular flexibility index (Phi) is 6.07. The molecule has 3 N–H and O–H groups in total. The van der Waals surface area contributed by atoms with Gasteiger partial charge in [-0.2, -0.15) is 0 Å². The van der Waals surface area contributed by atoms with Crippen LogP contribution in [0.5, 0.6) is 0 Å². The smallest absolute Gasteiger partial charge is 0.227 e. The number of rotatable bonds is 6. The molecule has 0 bridgehead atoms. The summed E-state index contributed by atoms with van der Waals surface area (Å²) in [5.74, 6) is 1.49. The average Bonchev–Trinajstić information content (AvgIpc) is 3.03. The lowest BCUT2D eigenvalue weighted by Crippen LogP contribution is -2.48. The SMILES string of the molecule is CCNC(=O)C(C)(C)CNC(=NC)NC(C)c1cc2ccccc2o1. The third kappa shape index (κ3) is 4.75. The molecule has 0 aliphatic carbocycles. The van der Waals surface area contributed by atoms with Gasteiger partial charge in [-0.3, -0.25) is 9.79 Å². The minimum atomic E-state index is -0.532. The average molecular weight is 344 g/mol. The van der Waals surface area contributed by atoms with E-state index in [1.807, 2.05) is 58.0 Å². The van der Waals surface area contributed by atoms with Gasteiger partial charge in [0.1, 0.15) is 11.3 Å². The Morgan fingerprint density at radius 2 is 2.00 bits per heavy atom. The van der Waals surface area contributed by atoms with Crippen molar-refractivity contribution >= 4 is 22.8 Å². The summed E-state index contributed by atoms with van der Waals surface area (Å²) in [6.07, 6.45) is 0. The maximum absolute atomic E-state index is 12.1. The second-order valence-electron chi connectivity index (χ2n) is 6.72. The first-order valence-corrected chi connectivity index (χ1v) is 8.61. The first kappa shape index (κ1) is 18.8. The number of fused-ring (bicyclic) bond motifs is 1. The van der Waals surface area contributed by atoms with E-state index in [1.54, 1.807) is 7.05 Å². The fraction of sp³-hybridized carbons (Fsp3) is 0.474. The van der Waals surface area contributed by atoms with Crippen LogP contribution in [0.15, 0.2) is 39.7 Å². The van der Waals surface area contributed by atoms with Crippen molar-refractivity contribution in [2.75, 3.05) is 20.1 Å². The third-order valence-electron chi connectivity index (χ3n) is 4.10. The van der Waals surface area contributed by atoms with Gasteiger partial charge in [0.2, 0.25) is 5.91 Å². The molecule has 1 aromatic carbocycles. The molecule has 0 fully saturated rings. The van der Waals surface area contributed by atoms with Gasteiger partial charge in [0.05, 0.1) is 11.5 Å². The fourth-order valence-electron chi connectivity index (χ4n) is 2.47. The molecule has 0 spiro atoms. The van der Waals surface area contributed by atoms with Crippen LogP contribution in [0.3, 0.4) is 0 Å². The molecule has 6 nitrogen and oxygen atoms in total. The molecule has 0 saturated heterocycles. The minimum Gasteiger partial charge on any atom is -0.459 e. The van der Waals surface area contributed by atoms with Crippen LogP contribution in [-0.2, 0) is 4.79 Å². The zero-order valence-corrected chi connectivity index (χ0v) is 15.6. The van der Waals surface area contributed by atoms with E-state index in [2.05, 4.69) is 20.9 Å². The summed E-state index contributed by atoms with van der Waals surface area (Å²) in [5.41, 5.74) is 0.336. The van der Waals surface area contributed by atoms with Crippen molar-refractivity contribution in [3.8, 4) is 0 Å². The van der Waals surface area contributed by atoms with E-state index in [4.69, 9.17) is 4.42 Å². The van der Waals surface area contributed by atoms with Crippen molar-refractivity contribution < 1.29 is 9.21 Å². The lowest BCUT2D eigenvalue weighted by molar-refractivity contribution is -0.128. The number of hydrogen-bond donors (Lipinski definition) is 3. The number of furan rings is 1. The highest BCUT2D eigenvalue weighted by atomic mass is 16.3. The second-order valence-corrected chi connectivity index (χ2v) is 6.72. The predicted molar refractivity (Wildman–Crippen MR) is 102 cm³/mol. The molecule has 25 heavy (non-hydrogen) atoms. The van der Waals surface area contributed by atoms with E-state index >= 15 is 0 Å². The Balaban J connectivity index is 1.98. The Hall–Kier alpha value is -2.50. The van der Waals surface area contributed by atoms with Crippen LogP contribution < -0.4 is 16.0 Å². The molecule has 2 aromatic rings. The molecular formula is C19H28N4O2. The molecule has 0 aliphatic heterocycles. The molecule has 136 valence electrons. The summed E-state index contributed by atoms with van der Waals surface area (Å²) >= 11 is 0. The minimum absolute atomic E-state index is 0.0169. The Morgan fingerprint density at radius 3 is 2.64 bits per heavy atom. The van der Waals surface area contributed by atoms with Crippen molar-refractivity contribution in [3.63, 3.8) is 0 Å². The number of nitrogens with one attached hydrogen (secondary N) is 3. The number of benzene rings is 1. The highest BCUT2D eigenvalue weighted by Gasteiger charge is 2.27. The maximum Gasteiger partial charge on any atom is 0.227 e. The summed E-state index contributed by atoms with van der Waals surface area (Å²) in [6.45, 7) is 8.84. The van der Waals surface area contributed by atoms with Crippen molar-refractivity contribution in [3.05, 3.63) is 36.1 Å². The Bertz CT molecular complexity index is 716. The molecule has 0 radical (unpaired) electrons. The van der Waals surface area contributed by atoms with E-state index < -0.39 is 5.41 Å². The molecule has 1 amide bonds. The van der Waals surface area contributed by atoms with Crippen molar-refractivity contribution in [2.24, 2.45) is 10.4 Å². The van der Waals surface area contributed by atoms with Gasteiger partial charge in [-0.05, 0) is 39.8 Å².